The molecule has 0 saturated heterocycles. The number of methoxy groups -OCH3 is 2. The maximum atomic E-state index is 11.7. The summed E-state index contributed by atoms with van der Waals surface area (Å²) in [5, 5.41) is 1.14. The molecule has 1 atom stereocenters. The van der Waals surface area contributed by atoms with Gasteiger partial charge >= 0.3 is 0 Å². The number of nitrogens with zero attached hydrogens (tertiary/aromatic N) is 1. The Hall–Kier alpha value is -1.78. The van der Waals surface area contributed by atoms with E-state index in [0.717, 1.165) is 50.6 Å². The van der Waals surface area contributed by atoms with Gasteiger partial charge < -0.3 is 9.47 Å². The molecule has 1 unspecified atom stereocenters. The van der Waals surface area contributed by atoms with Gasteiger partial charge in [0.05, 0.1) is 30.8 Å². The van der Waals surface area contributed by atoms with Crippen LogP contribution in [0, 0.1) is 5.41 Å². The summed E-state index contributed by atoms with van der Waals surface area (Å²) in [7, 11) is 3.20. The standard InChI is InChI=1S/C24H27Cl2NO3/c1-4-16(28)7-8-24(9-10-24)23-17-6-5-14(11-15(17)13-27-23)20-21(25)18(29-2)12-19(30-3)22(20)26/h4,12,14H,1,5-11,13H2,2-3H3. The minimum atomic E-state index is 0.108. The Balaban J connectivity index is 1.57. The average Bonchev–Trinajstić information content (AvgIpc) is 3.42. The number of allylic oxidation sites excluding steroid dienone is 2. The monoisotopic (exact) mass is 447 g/mol. The van der Waals surface area contributed by atoms with Crippen LogP contribution in [0.1, 0.15) is 56.4 Å². The van der Waals surface area contributed by atoms with Crippen molar-refractivity contribution in [3.63, 3.8) is 0 Å². The van der Waals surface area contributed by atoms with Crippen LogP contribution in [-0.4, -0.2) is 32.3 Å². The molecule has 0 bridgehead atoms. The van der Waals surface area contributed by atoms with Crippen molar-refractivity contribution in [3.8, 4) is 11.5 Å². The van der Waals surface area contributed by atoms with Crippen molar-refractivity contribution < 1.29 is 14.3 Å². The van der Waals surface area contributed by atoms with Gasteiger partial charge in [0.2, 0.25) is 0 Å². The lowest BCUT2D eigenvalue weighted by Crippen LogP contribution is -2.21. The molecule has 0 amide bonds. The normalized spacial score (nSPS) is 21.7. The summed E-state index contributed by atoms with van der Waals surface area (Å²) in [6, 6.07) is 1.74. The Morgan fingerprint density at radius 1 is 1.27 bits per heavy atom. The lowest BCUT2D eigenvalue weighted by atomic mass is 9.76. The van der Waals surface area contributed by atoms with E-state index in [1.807, 2.05) is 0 Å². The van der Waals surface area contributed by atoms with Crippen molar-refractivity contribution in [2.45, 2.75) is 50.9 Å². The molecule has 1 aromatic carbocycles. The van der Waals surface area contributed by atoms with Crippen molar-refractivity contribution in [3.05, 3.63) is 45.5 Å². The minimum absolute atomic E-state index is 0.108. The highest BCUT2D eigenvalue weighted by Crippen LogP contribution is 2.56. The van der Waals surface area contributed by atoms with E-state index in [0.29, 0.717) is 28.0 Å². The Labute approximate surface area is 187 Å². The Morgan fingerprint density at radius 3 is 2.50 bits per heavy atom. The maximum absolute atomic E-state index is 11.7. The minimum Gasteiger partial charge on any atom is -0.495 e. The molecule has 1 saturated carbocycles. The third-order valence-electron chi connectivity index (χ3n) is 6.83. The molecule has 1 aromatic rings. The van der Waals surface area contributed by atoms with Gasteiger partial charge in [-0.25, -0.2) is 0 Å². The van der Waals surface area contributed by atoms with Gasteiger partial charge in [-0.15, -0.1) is 0 Å². The number of hydrogen-bond donors (Lipinski definition) is 0. The molecule has 1 fully saturated rings. The van der Waals surface area contributed by atoms with Gasteiger partial charge in [0, 0.05) is 29.2 Å². The van der Waals surface area contributed by atoms with Gasteiger partial charge in [0.1, 0.15) is 11.5 Å². The smallest absolute Gasteiger partial charge is 0.155 e. The molecule has 160 valence electrons. The molecule has 1 heterocycles. The van der Waals surface area contributed by atoms with E-state index in [-0.39, 0.29) is 17.1 Å². The first-order chi connectivity index (χ1) is 14.4. The zero-order chi connectivity index (χ0) is 21.5. The number of carbonyl (C=O) groups is 1. The highest BCUT2D eigenvalue weighted by molar-refractivity contribution is 6.38. The van der Waals surface area contributed by atoms with E-state index in [1.54, 1.807) is 20.3 Å². The zero-order valence-corrected chi connectivity index (χ0v) is 19.0. The number of ketones is 1. The molecule has 4 rings (SSSR count). The van der Waals surface area contributed by atoms with Crippen molar-refractivity contribution in [2.75, 3.05) is 20.8 Å². The Bertz CT molecular complexity index is 931. The van der Waals surface area contributed by atoms with E-state index in [4.69, 9.17) is 37.7 Å². The van der Waals surface area contributed by atoms with E-state index >= 15 is 0 Å². The fourth-order valence-electron chi connectivity index (χ4n) is 4.95. The number of rotatable bonds is 8. The largest absolute Gasteiger partial charge is 0.495 e. The van der Waals surface area contributed by atoms with Crippen molar-refractivity contribution in [1.82, 2.24) is 0 Å². The van der Waals surface area contributed by atoms with Crippen LogP contribution in [-0.2, 0) is 4.79 Å². The first-order valence-electron chi connectivity index (χ1n) is 10.5. The summed E-state index contributed by atoms with van der Waals surface area (Å²) in [4.78, 5) is 16.7. The molecule has 2 aliphatic carbocycles. The number of hydrogen-bond acceptors (Lipinski definition) is 4. The van der Waals surface area contributed by atoms with E-state index in [9.17, 15) is 4.79 Å². The first kappa shape index (κ1) is 21.5. The summed E-state index contributed by atoms with van der Waals surface area (Å²) in [5.41, 5.74) is 5.07. The quantitative estimate of drug-likeness (QED) is 0.436. The number of benzene rings is 1. The molecule has 0 aromatic heterocycles. The van der Waals surface area contributed by atoms with Crippen molar-refractivity contribution in [2.24, 2.45) is 10.4 Å². The summed E-state index contributed by atoms with van der Waals surface area (Å²) in [6.45, 7) is 4.34. The molecule has 6 heteroatoms. The molecule has 3 aliphatic rings. The second-order valence-corrected chi connectivity index (χ2v) is 9.22. The second-order valence-electron chi connectivity index (χ2n) is 8.46. The van der Waals surface area contributed by atoms with Gasteiger partial charge in [-0.3, -0.25) is 9.79 Å². The van der Waals surface area contributed by atoms with Crippen LogP contribution in [0.2, 0.25) is 10.0 Å². The lowest BCUT2D eigenvalue weighted by Gasteiger charge is -2.28. The van der Waals surface area contributed by atoms with E-state index in [2.05, 4.69) is 6.58 Å². The average molecular weight is 448 g/mol. The van der Waals surface area contributed by atoms with Crippen LogP contribution < -0.4 is 9.47 Å². The summed E-state index contributed by atoms with van der Waals surface area (Å²) in [5.74, 6) is 1.49. The second kappa shape index (κ2) is 8.39. The van der Waals surface area contributed by atoms with Crippen LogP contribution in [0.15, 0.2) is 34.9 Å². The molecule has 1 aliphatic heterocycles. The van der Waals surface area contributed by atoms with Gasteiger partial charge in [0.15, 0.2) is 5.78 Å². The Kier molecular flexibility index (Phi) is 6.00. The van der Waals surface area contributed by atoms with Crippen LogP contribution in [0.5, 0.6) is 11.5 Å². The van der Waals surface area contributed by atoms with Crippen LogP contribution >= 0.6 is 23.2 Å². The van der Waals surface area contributed by atoms with Crippen LogP contribution in [0.25, 0.3) is 0 Å². The lowest BCUT2D eigenvalue weighted by molar-refractivity contribution is -0.114. The zero-order valence-electron chi connectivity index (χ0n) is 17.5. The molecular formula is C24H27Cl2NO3. The fourth-order valence-corrected chi connectivity index (χ4v) is 5.76. The SMILES string of the molecule is C=CC(=O)CCC1(C2=NCC3=C2CCC(c2c(Cl)c(OC)cc(OC)c2Cl)C3)CC1. The summed E-state index contributed by atoms with van der Waals surface area (Å²) in [6.07, 6.45) is 7.92. The topological polar surface area (TPSA) is 47.9 Å². The van der Waals surface area contributed by atoms with Gasteiger partial charge in [-0.1, -0.05) is 29.8 Å². The molecule has 30 heavy (non-hydrogen) atoms. The molecule has 0 spiro atoms. The van der Waals surface area contributed by atoms with Crippen molar-refractivity contribution in [1.29, 1.82) is 0 Å². The molecule has 0 N–H and O–H groups in total. The predicted molar refractivity (Wildman–Crippen MR) is 122 cm³/mol. The third kappa shape index (κ3) is 3.69. The highest BCUT2D eigenvalue weighted by atomic mass is 35.5. The predicted octanol–water partition coefficient (Wildman–Crippen LogP) is 6.34. The fraction of sp³-hybridized carbons (Fsp3) is 0.500. The van der Waals surface area contributed by atoms with E-state index in [1.165, 1.54) is 22.9 Å². The van der Waals surface area contributed by atoms with Gasteiger partial charge in [-0.2, -0.15) is 0 Å². The molecular weight excluding hydrogens is 421 g/mol. The van der Waals surface area contributed by atoms with Crippen LogP contribution in [0.4, 0.5) is 0 Å². The number of carbonyl (C=O) groups excluding carboxylic acids is 1. The van der Waals surface area contributed by atoms with Gasteiger partial charge in [0.25, 0.3) is 0 Å². The van der Waals surface area contributed by atoms with Crippen LogP contribution in [0.3, 0.4) is 0 Å². The molecule has 4 nitrogen and oxygen atoms in total. The number of halogens is 2. The van der Waals surface area contributed by atoms with Gasteiger partial charge in [-0.05, 0) is 61.7 Å². The molecule has 0 radical (unpaired) electrons. The number of aliphatic imine (C=N–C) groups is 1. The first-order valence-corrected chi connectivity index (χ1v) is 11.2. The maximum Gasteiger partial charge on any atom is 0.155 e. The van der Waals surface area contributed by atoms with E-state index < -0.39 is 0 Å². The third-order valence-corrected chi connectivity index (χ3v) is 7.61. The summed E-state index contributed by atoms with van der Waals surface area (Å²) < 4.78 is 10.9. The Morgan fingerprint density at radius 2 is 1.93 bits per heavy atom. The number of ether oxygens (including phenoxy) is 2. The summed E-state index contributed by atoms with van der Waals surface area (Å²) >= 11 is 13.3. The highest BCUT2D eigenvalue weighted by Gasteiger charge is 2.50. The van der Waals surface area contributed by atoms with Crippen molar-refractivity contribution >= 4 is 34.7 Å².